The monoisotopic (exact) mass is 525 g/mol. The highest BCUT2D eigenvalue weighted by Gasteiger charge is 2.29. The normalized spacial score (nSPS) is 12.3. The van der Waals surface area contributed by atoms with Gasteiger partial charge in [-0.25, -0.2) is 12.8 Å². The van der Waals surface area contributed by atoms with Crippen LogP contribution >= 0.6 is 23.4 Å². The van der Waals surface area contributed by atoms with Crippen molar-refractivity contribution in [3.63, 3.8) is 0 Å². The van der Waals surface area contributed by atoms with Crippen molar-refractivity contribution >= 4 is 44.1 Å². The fraction of sp³-hybridized carbons (Fsp3) is 0.423. The molecule has 0 N–H and O–H groups in total. The number of benzene rings is 2. The van der Waals surface area contributed by atoms with Crippen molar-refractivity contribution in [2.45, 2.75) is 75.2 Å². The van der Waals surface area contributed by atoms with Gasteiger partial charge < -0.3 is 4.74 Å². The third kappa shape index (κ3) is 6.64. The fourth-order valence-corrected chi connectivity index (χ4v) is 6.15. The van der Waals surface area contributed by atoms with Crippen molar-refractivity contribution in [2.24, 2.45) is 5.41 Å². The van der Waals surface area contributed by atoms with Crippen molar-refractivity contribution in [1.29, 1.82) is 0 Å². The average Bonchev–Trinajstić information content (AvgIpc) is 2.74. The Bertz CT molecular complexity index is 1270. The van der Waals surface area contributed by atoms with E-state index >= 15 is 0 Å². The number of nitrogens with zero attached hydrogens (tertiary/aromatic N) is 1. The lowest BCUT2D eigenvalue weighted by molar-refractivity contribution is 0.0580. The molecule has 0 unspecified atom stereocenters. The molecule has 1 aromatic heterocycles. The van der Waals surface area contributed by atoms with Gasteiger partial charge in [0.2, 0.25) is 9.84 Å². The van der Waals surface area contributed by atoms with Gasteiger partial charge in [-0.2, -0.15) is 0 Å². The third-order valence-electron chi connectivity index (χ3n) is 4.82. The summed E-state index contributed by atoms with van der Waals surface area (Å²) in [5.74, 6) is -0.742. The van der Waals surface area contributed by atoms with Gasteiger partial charge in [0.1, 0.15) is 10.5 Å². The van der Waals surface area contributed by atoms with Gasteiger partial charge in [0.15, 0.2) is 11.6 Å². The molecule has 0 amide bonds. The molecule has 4 nitrogen and oxygen atoms in total. The SMILES string of the molecule is CC.CSc1ccc2ncc(S(=O)(=O)c3ccc(OC(C)(C)CC(C)(C)C)c(F)c3)c(Cl)c2c1. The van der Waals surface area contributed by atoms with E-state index in [1.807, 2.05) is 40.0 Å². The number of rotatable bonds is 6. The van der Waals surface area contributed by atoms with E-state index in [4.69, 9.17) is 16.3 Å². The van der Waals surface area contributed by atoms with E-state index in [9.17, 15) is 12.8 Å². The maximum absolute atomic E-state index is 14.9. The predicted molar refractivity (Wildman–Crippen MR) is 141 cm³/mol. The molecular weight excluding hydrogens is 493 g/mol. The molecule has 34 heavy (non-hydrogen) atoms. The Morgan fingerprint density at radius 2 is 1.71 bits per heavy atom. The fourth-order valence-electron chi connectivity index (χ4n) is 3.90. The Morgan fingerprint density at radius 3 is 2.26 bits per heavy atom. The van der Waals surface area contributed by atoms with Gasteiger partial charge in [-0.1, -0.05) is 46.2 Å². The Balaban J connectivity index is 0.00000199. The lowest BCUT2D eigenvalue weighted by Crippen LogP contribution is -2.33. The number of hydrogen-bond acceptors (Lipinski definition) is 5. The van der Waals surface area contributed by atoms with E-state index in [1.54, 1.807) is 12.1 Å². The van der Waals surface area contributed by atoms with E-state index in [0.29, 0.717) is 17.3 Å². The lowest BCUT2D eigenvalue weighted by atomic mass is 9.83. The molecule has 3 aromatic rings. The second-order valence-electron chi connectivity index (χ2n) is 9.51. The molecule has 0 saturated carbocycles. The zero-order valence-corrected chi connectivity index (χ0v) is 23.4. The maximum Gasteiger partial charge on any atom is 0.209 e. The molecule has 0 spiro atoms. The molecule has 2 aromatic carbocycles. The number of hydrogen-bond donors (Lipinski definition) is 0. The summed E-state index contributed by atoms with van der Waals surface area (Å²) in [5.41, 5.74) is -0.0537. The number of halogens is 2. The summed E-state index contributed by atoms with van der Waals surface area (Å²) in [5, 5.41) is 0.599. The van der Waals surface area contributed by atoms with E-state index in [2.05, 4.69) is 25.8 Å². The van der Waals surface area contributed by atoms with Crippen molar-refractivity contribution in [3.05, 3.63) is 53.4 Å². The minimum atomic E-state index is -4.09. The highest BCUT2D eigenvalue weighted by atomic mass is 35.5. The minimum absolute atomic E-state index is 0.00514. The molecule has 0 aliphatic heterocycles. The smallest absolute Gasteiger partial charge is 0.209 e. The standard InChI is InChI=1S/C24H27ClFNO3S2.C2H6/c1-23(2,3)14-24(4,5)30-20-10-8-16(12-18(20)26)32(28,29)21-13-27-19-9-7-15(31-6)11-17(19)22(21)25;1-2/h7-13H,14H2,1-6H3;1-2H3. The molecule has 0 aliphatic carbocycles. The van der Waals surface area contributed by atoms with Crippen LogP contribution in [0.2, 0.25) is 5.02 Å². The summed E-state index contributed by atoms with van der Waals surface area (Å²) >= 11 is 7.99. The first-order valence-electron chi connectivity index (χ1n) is 11.1. The van der Waals surface area contributed by atoms with Gasteiger partial charge in [0.05, 0.1) is 15.4 Å². The van der Waals surface area contributed by atoms with E-state index in [0.717, 1.165) is 11.0 Å². The van der Waals surface area contributed by atoms with Crippen LogP contribution in [0, 0.1) is 11.2 Å². The molecule has 8 heteroatoms. The van der Waals surface area contributed by atoms with Gasteiger partial charge in [-0.05, 0) is 68.3 Å². The summed E-state index contributed by atoms with van der Waals surface area (Å²) in [4.78, 5) is 4.80. The number of ether oxygens (including phenoxy) is 1. The molecule has 0 radical (unpaired) electrons. The minimum Gasteiger partial charge on any atom is -0.485 e. The van der Waals surface area contributed by atoms with Crippen LogP contribution in [-0.2, 0) is 9.84 Å². The summed E-state index contributed by atoms with van der Waals surface area (Å²) in [7, 11) is -4.09. The maximum atomic E-state index is 14.9. The Morgan fingerprint density at radius 1 is 1.06 bits per heavy atom. The van der Waals surface area contributed by atoms with E-state index in [-0.39, 0.29) is 26.0 Å². The van der Waals surface area contributed by atoms with Crippen molar-refractivity contribution in [1.82, 2.24) is 4.98 Å². The summed E-state index contributed by atoms with van der Waals surface area (Å²) in [6, 6.07) is 9.12. The molecule has 0 saturated heterocycles. The van der Waals surface area contributed by atoms with E-state index < -0.39 is 21.3 Å². The van der Waals surface area contributed by atoms with Gasteiger partial charge in [-0.15, -0.1) is 11.8 Å². The molecule has 0 fully saturated rings. The van der Waals surface area contributed by atoms with Gasteiger partial charge >= 0.3 is 0 Å². The molecule has 0 aliphatic rings. The first-order chi connectivity index (χ1) is 15.7. The highest BCUT2D eigenvalue weighted by Crippen LogP contribution is 2.36. The summed E-state index contributed by atoms with van der Waals surface area (Å²) in [6.07, 6.45) is 3.82. The Kier molecular flexibility index (Phi) is 9.05. The van der Waals surface area contributed by atoms with Gasteiger partial charge in [0.25, 0.3) is 0 Å². The van der Waals surface area contributed by atoms with Crippen molar-refractivity contribution in [2.75, 3.05) is 6.26 Å². The van der Waals surface area contributed by atoms with Crippen LogP contribution in [0.1, 0.15) is 54.9 Å². The van der Waals surface area contributed by atoms with Crippen LogP contribution in [-0.4, -0.2) is 25.3 Å². The number of aromatic nitrogens is 1. The second-order valence-corrected chi connectivity index (χ2v) is 12.7. The zero-order chi connectivity index (χ0) is 25.9. The predicted octanol–water partition coefficient (Wildman–Crippen LogP) is 8.20. The lowest BCUT2D eigenvalue weighted by Gasteiger charge is -2.33. The molecule has 3 rings (SSSR count). The number of pyridine rings is 1. The van der Waals surface area contributed by atoms with Crippen LogP contribution in [0.3, 0.4) is 0 Å². The van der Waals surface area contributed by atoms with Crippen LogP contribution < -0.4 is 4.74 Å². The second kappa shape index (κ2) is 10.8. The highest BCUT2D eigenvalue weighted by molar-refractivity contribution is 7.98. The van der Waals surface area contributed by atoms with E-state index in [1.165, 1.54) is 30.1 Å². The molecule has 0 bridgehead atoms. The van der Waals surface area contributed by atoms with Crippen LogP contribution in [0.15, 0.2) is 57.3 Å². The topological polar surface area (TPSA) is 56.3 Å². The molecule has 0 atom stereocenters. The zero-order valence-electron chi connectivity index (χ0n) is 21.0. The van der Waals surface area contributed by atoms with Gasteiger partial charge in [0, 0.05) is 16.5 Å². The number of sulfone groups is 1. The summed E-state index contributed by atoms with van der Waals surface area (Å²) in [6.45, 7) is 14.0. The Hall–Kier alpha value is -1.83. The van der Waals surface area contributed by atoms with Crippen LogP contribution in [0.5, 0.6) is 5.75 Å². The van der Waals surface area contributed by atoms with Crippen molar-refractivity contribution in [3.8, 4) is 5.75 Å². The largest absolute Gasteiger partial charge is 0.485 e. The number of fused-ring (bicyclic) bond motifs is 1. The first kappa shape index (κ1) is 28.4. The van der Waals surface area contributed by atoms with Crippen LogP contribution in [0.4, 0.5) is 4.39 Å². The quantitative estimate of drug-likeness (QED) is 0.303. The number of thioether (sulfide) groups is 1. The summed E-state index contributed by atoms with van der Waals surface area (Å²) < 4.78 is 47.3. The molecule has 1 heterocycles. The average molecular weight is 526 g/mol. The van der Waals surface area contributed by atoms with Gasteiger partial charge in [-0.3, -0.25) is 4.98 Å². The molecule has 186 valence electrons. The molecular formula is C26H33ClFNO3S2. The Labute approximate surface area is 212 Å². The third-order valence-corrected chi connectivity index (χ3v) is 7.83. The van der Waals surface area contributed by atoms with Crippen molar-refractivity contribution < 1.29 is 17.5 Å². The first-order valence-corrected chi connectivity index (χ1v) is 14.2. The van der Waals surface area contributed by atoms with Crippen LogP contribution in [0.25, 0.3) is 10.9 Å².